The average Bonchev–Trinajstić information content (AvgIpc) is 3.17. The summed E-state index contributed by atoms with van der Waals surface area (Å²) in [6, 6.07) is 17.2. The molecule has 128 valence electrons. The molecule has 0 aliphatic carbocycles. The minimum absolute atomic E-state index is 0.138. The largest absolute Gasteiger partial charge is 0.497 e. The average molecular weight is 336 g/mol. The van der Waals surface area contributed by atoms with Gasteiger partial charge in [-0.15, -0.1) is 5.10 Å². The summed E-state index contributed by atoms with van der Waals surface area (Å²) in [6.07, 6.45) is 1.51. The first-order valence-electron chi connectivity index (χ1n) is 8.11. The number of aromatic nitrogens is 3. The number of hydrogen-bond donors (Lipinski definition) is 0. The quantitative estimate of drug-likeness (QED) is 0.694. The summed E-state index contributed by atoms with van der Waals surface area (Å²) in [5.41, 5.74) is 2.19. The van der Waals surface area contributed by atoms with E-state index < -0.39 is 0 Å². The number of benzene rings is 2. The molecule has 1 amide bonds. The van der Waals surface area contributed by atoms with Crippen molar-refractivity contribution in [1.82, 2.24) is 19.9 Å². The van der Waals surface area contributed by atoms with E-state index in [2.05, 4.69) is 10.2 Å². The SMILES string of the molecule is CCN(Cc1ccc(OC)cc1)C(=O)c1cnn(-c2ccccc2)n1. The minimum atomic E-state index is -0.138. The lowest BCUT2D eigenvalue weighted by Crippen LogP contribution is -2.30. The third-order valence-corrected chi connectivity index (χ3v) is 3.90. The van der Waals surface area contributed by atoms with Crippen LogP contribution in [0.4, 0.5) is 0 Å². The zero-order chi connectivity index (χ0) is 17.6. The van der Waals surface area contributed by atoms with Crippen LogP contribution in [0.1, 0.15) is 23.0 Å². The van der Waals surface area contributed by atoms with Crippen molar-refractivity contribution >= 4 is 5.91 Å². The standard InChI is InChI=1S/C19H20N4O2/c1-3-22(14-15-9-11-17(25-2)12-10-15)19(24)18-13-20-23(21-18)16-7-5-4-6-8-16/h4-13H,3,14H2,1-2H3. The van der Waals surface area contributed by atoms with Gasteiger partial charge in [0.2, 0.25) is 0 Å². The Hall–Kier alpha value is -3.15. The van der Waals surface area contributed by atoms with Gasteiger partial charge in [0.1, 0.15) is 5.75 Å². The molecule has 1 heterocycles. The van der Waals surface area contributed by atoms with Crippen LogP contribution in [0.2, 0.25) is 0 Å². The number of amides is 1. The first-order chi connectivity index (χ1) is 12.2. The maximum Gasteiger partial charge on any atom is 0.276 e. The molecule has 2 aromatic carbocycles. The van der Waals surface area contributed by atoms with Gasteiger partial charge in [-0.2, -0.15) is 9.90 Å². The third-order valence-electron chi connectivity index (χ3n) is 3.90. The van der Waals surface area contributed by atoms with E-state index in [4.69, 9.17) is 4.74 Å². The van der Waals surface area contributed by atoms with Gasteiger partial charge in [-0.1, -0.05) is 30.3 Å². The number of carbonyl (C=O) groups is 1. The van der Waals surface area contributed by atoms with Gasteiger partial charge in [-0.05, 0) is 36.8 Å². The number of ether oxygens (including phenoxy) is 1. The molecule has 6 heteroatoms. The Balaban J connectivity index is 1.74. The van der Waals surface area contributed by atoms with E-state index in [1.807, 2.05) is 61.5 Å². The molecule has 0 spiro atoms. The summed E-state index contributed by atoms with van der Waals surface area (Å²) in [7, 11) is 1.63. The summed E-state index contributed by atoms with van der Waals surface area (Å²) >= 11 is 0. The molecule has 25 heavy (non-hydrogen) atoms. The van der Waals surface area contributed by atoms with Gasteiger partial charge >= 0.3 is 0 Å². The molecule has 0 unspecified atom stereocenters. The van der Waals surface area contributed by atoms with E-state index in [1.54, 1.807) is 12.0 Å². The Kier molecular flexibility index (Phi) is 5.09. The molecule has 0 bridgehead atoms. The monoisotopic (exact) mass is 336 g/mol. The lowest BCUT2D eigenvalue weighted by atomic mass is 10.2. The number of hydrogen-bond acceptors (Lipinski definition) is 4. The number of nitrogens with zero attached hydrogens (tertiary/aromatic N) is 4. The molecule has 0 saturated carbocycles. The molecule has 3 aromatic rings. The number of methoxy groups -OCH3 is 1. The Labute approximate surface area is 146 Å². The lowest BCUT2D eigenvalue weighted by Gasteiger charge is -2.19. The van der Waals surface area contributed by atoms with E-state index in [-0.39, 0.29) is 5.91 Å². The second-order valence-corrected chi connectivity index (χ2v) is 5.52. The number of para-hydroxylation sites is 1. The van der Waals surface area contributed by atoms with Crippen molar-refractivity contribution in [3.63, 3.8) is 0 Å². The predicted molar refractivity (Wildman–Crippen MR) is 94.8 cm³/mol. The number of rotatable bonds is 6. The second kappa shape index (κ2) is 7.61. The Morgan fingerprint density at radius 1 is 1.12 bits per heavy atom. The van der Waals surface area contributed by atoms with Crippen molar-refractivity contribution in [3.8, 4) is 11.4 Å². The normalized spacial score (nSPS) is 10.5. The van der Waals surface area contributed by atoms with Crippen molar-refractivity contribution < 1.29 is 9.53 Å². The highest BCUT2D eigenvalue weighted by Gasteiger charge is 2.18. The van der Waals surface area contributed by atoms with Gasteiger partial charge in [0.05, 0.1) is 19.0 Å². The van der Waals surface area contributed by atoms with Crippen molar-refractivity contribution in [2.75, 3.05) is 13.7 Å². The minimum Gasteiger partial charge on any atom is -0.497 e. The summed E-state index contributed by atoms with van der Waals surface area (Å²) in [5, 5.41) is 8.51. The summed E-state index contributed by atoms with van der Waals surface area (Å²) in [5.74, 6) is 0.657. The van der Waals surface area contributed by atoms with Crippen LogP contribution in [0.15, 0.2) is 60.8 Å². The smallest absolute Gasteiger partial charge is 0.276 e. The van der Waals surface area contributed by atoms with Crippen LogP contribution < -0.4 is 4.74 Å². The fourth-order valence-electron chi connectivity index (χ4n) is 2.49. The summed E-state index contributed by atoms with van der Waals surface area (Å²) < 4.78 is 5.16. The van der Waals surface area contributed by atoms with Crippen LogP contribution in [-0.4, -0.2) is 39.5 Å². The third kappa shape index (κ3) is 3.85. The van der Waals surface area contributed by atoms with Crippen LogP contribution in [0.3, 0.4) is 0 Å². The Morgan fingerprint density at radius 2 is 1.84 bits per heavy atom. The van der Waals surface area contributed by atoms with Gasteiger partial charge in [0, 0.05) is 13.1 Å². The number of carbonyl (C=O) groups excluding carboxylic acids is 1. The molecule has 6 nitrogen and oxygen atoms in total. The van der Waals surface area contributed by atoms with Crippen molar-refractivity contribution in [3.05, 3.63) is 72.1 Å². The van der Waals surface area contributed by atoms with Crippen LogP contribution in [0.5, 0.6) is 5.75 Å². The molecular formula is C19H20N4O2. The van der Waals surface area contributed by atoms with Gasteiger partial charge in [-0.3, -0.25) is 4.79 Å². The first-order valence-corrected chi connectivity index (χ1v) is 8.11. The van der Waals surface area contributed by atoms with Gasteiger partial charge in [0.15, 0.2) is 5.69 Å². The Bertz CT molecular complexity index is 828. The summed E-state index contributed by atoms with van der Waals surface area (Å²) in [4.78, 5) is 15.9. The summed E-state index contributed by atoms with van der Waals surface area (Å²) in [6.45, 7) is 3.05. The highest BCUT2D eigenvalue weighted by molar-refractivity contribution is 5.91. The first kappa shape index (κ1) is 16.7. The van der Waals surface area contributed by atoms with Crippen molar-refractivity contribution in [2.24, 2.45) is 0 Å². The molecule has 0 atom stereocenters. The van der Waals surface area contributed by atoms with E-state index in [0.717, 1.165) is 17.0 Å². The van der Waals surface area contributed by atoms with Crippen molar-refractivity contribution in [1.29, 1.82) is 0 Å². The molecule has 0 saturated heterocycles. The highest BCUT2D eigenvalue weighted by Crippen LogP contribution is 2.14. The molecule has 0 aliphatic rings. The topological polar surface area (TPSA) is 60.2 Å². The Morgan fingerprint density at radius 3 is 2.48 bits per heavy atom. The van der Waals surface area contributed by atoms with Gasteiger partial charge < -0.3 is 9.64 Å². The molecule has 0 aliphatic heterocycles. The molecule has 0 N–H and O–H groups in total. The maximum absolute atomic E-state index is 12.7. The lowest BCUT2D eigenvalue weighted by molar-refractivity contribution is 0.0746. The maximum atomic E-state index is 12.7. The fourth-order valence-corrected chi connectivity index (χ4v) is 2.49. The fraction of sp³-hybridized carbons (Fsp3) is 0.211. The van der Waals surface area contributed by atoms with Crippen LogP contribution in [-0.2, 0) is 6.54 Å². The molecule has 1 aromatic heterocycles. The van der Waals surface area contributed by atoms with Gasteiger partial charge in [-0.25, -0.2) is 0 Å². The highest BCUT2D eigenvalue weighted by atomic mass is 16.5. The van der Waals surface area contributed by atoms with E-state index in [0.29, 0.717) is 18.8 Å². The zero-order valence-electron chi connectivity index (χ0n) is 14.3. The van der Waals surface area contributed by atoms with E-state index >= 15 is 0 Å². The molecular weight excluding hydrogens is 316 g/mol. The van der Waals surface area contributed by atoms with Gasteiger partial charge in [0.25, 0.3) is 5.91 Å². The zero-order valence-corrected chi connectivity index (χ0v) is 14.3. The van der Waals surface area contributed by atoms with Crippen molar-refractivity contribution in [2.45, 2.75) is 13.5 Å². The predicted octanol–water partition coefficient (Wildman–Crippen LogP) is 2.94. The molecule has 0 fully saturated rings. The van der Waals surface area contributed by atoms with Crippen LogP contribution >= 0.6 is 0 Å². The molecule has 0 radical (unpaired) electrons. The van der Waals surface area contributed by atoms with Crippen LogP contribution in [0.25, 0.3) is 5.69 Å². The molecule has 3 rings (SSSR count). The second-order valence-electron chi connectivity index (χ2n) is 5.52. The van der Waals surface area contributed by atoms with E-state index in [1.165, 1.54) is 11.0 Å². The van der Waals surface area contributed by atoms with Crippen LogP contribution in [0, 0.1) is 0 Å². The van der Waals surface area contributed by atoms with E-state index in [9.17, 15) is 4.79 Å².